The molecule has 1 aliphatic carbocycles. The van der Waals surface area contributed by atoms with Crippen LogP contribution in [0.15, 0.2) is 40.7 Å². The van der Waals surface area contributed by atoms with Gasteiger partial charge in [0, 0.05) is 35.5 Å². The molecular formula is C17H20N6. The van der Waals surface area contributed by atoms with Gasteiger partial charge in [0.05, 0.1) is 11.4 Å². The molecule has 3 rings (SSSR count). The number of hydrogen-bond donors (Lipinski definition) is 2. The zero-order valence-corrected chi connectivity index (χ0v) is 13.3. The molecule has 0 aromatic carbocycles. The van der Waals surface area contributed by atoms with E-state index in [0.717, 1.165) is 46.8 Å². The Hall–Kier alpha value is -2.76. The van der Waals surface area contributed by atoms with Crippen molar-refractivity contribution in [3.8, 4) is 0 Å². The van der Waals surface area contributed by atoms with Gasteiger partial charge in [-0.25, -0.2) is 0 Å². The minimum absolute atomic E-state index is 0.0447. The molecule has 23 heavy (non-hydrogen) atoms. The summed E-state index contributed by atoms with van der Waals surface area (Å²) in [5, 5.41) is 8.13. The van der Waals surface area contributed by atoms with Crippen LogP contribution in [-0.4, -0.2) is 21.6 Å². The first kappa shape index (κ1) is 15.1. The Bertz CT molecular complexity index is 775. The third-order valence-corrected chi connectivity index (χ3v) is 3.98. The second kappa shape index (κ2) is 6.16. The molecule has 2 aromatic heterocycles. The van der Waals surface area contributed by atoms with Crippen LogP contribution in [0.3, 0.4) is 0 Å². The van der Waals surface area contributed by atoms with Gasteiger partial charge in [-0.05, 0) is 44.0 Å². The van der Waals surface area contributed by atoms with Gasteiger partial charge in [0.1, 0.15) is 0 Å². The average molecular weight is 308 g/mol. The van der Waals surface area contributed by atoms with E-state index in [4.69, 9.17) is 16.5 Å². The standard InChI is InChI=1S/C17H20N6/c1-10-7-11(2)21-14-8-12(13-5-3-4-6-20-13)9-15(16(10)14)22-23-17(18)19/h3-7,12H,8-9H2,1-2H3,(H4,18,19,23)/b22-15-. The van der Waals surface area contributed by atoms with E-state index >= 15 is 0 Å². The maximum atomic E-state index is 5.43. The fraction of sp³-hybridized carbons (Fsp3) is 0.294. The van der Waals surface area contributed by atoms with Crippen molar-refractivity contribution in [1.29, 1.82) is 0 Å². The summed E-state index contributed by atoms with van der Waals surface area (Å²) in [5.74, 6) is 0.182. The van der Waals surface area contributed by atoms with E-state index in [1.807, 2.05) is 31.3 Å². The first-order chi connectivity index (χ1) is 11.0. The molecule has 2 aromatic rings. The quantitative estimate of drug-likeness (QED) is 0.501. The van der Waals surface area contributed by atoms with Crippen molar-refractivity contribution >= 4 is 11.7 Å². The van der Waals surface area contributed by atoms with Crippen molar-refractivity contribution in [1.82, 2.24) is 9.97 Å². The summed E-state index contributed by atoms with van der Waals surface area (Å²) in [4.78, 5) is 9.19. The van der Waals surface area contributed by atoms with Crippen molar-refractivity contribution in [3.63, 3.8) is 0 Å². The lowest BCUT2D eigenvalue weighted by Gasteiger charge is -2.26. The van der Waals surface area contributed by atoms with Gasteiger partial charge in [-0.3, -0.25) is 9.97 Å². The fourth-order valence-electron chi connectivity index (χ4n) is 3.13. The highest BCUT2D eigenvalue weighted by molar-refractivity contribution is 6.04. The number of guanidine groups is 1. The first-order valence-corrected chi connectivity index (χ1v) is 7.58. The Balaban J connectivity index is 2.09. The summed E-state index contributed by atoms with van der Waals surface area (Å²) < 4.78 is 0. The Morgan fingerprint density at radius 1 is 1.22 bits per heavy atom. The predicted octanol–water partition coefficient (Wildman–Crippen LogP) is 1.80. The minimum atomic E-state index is -0.0447. The van der Waals surface area contributed by atoms with Crippen molar-refractivity contribution in [2.75, 3.05) is 0 Å². The number of nitrogens with two attached hydrogens (primary N) is 2. The van der Waals surface area contributed by atoms with Crippen molar-refractivity contribution < 1.29 is 0 Å². The molecule has 118 valence electrons. The number of nitrogens with zero attached hydrogens (tertiary/aromatic N) is 4. The van der Waals surface area contributed by atoms with Gasteiger partial charge in [-0.15, -0.1) is 5.10 Å². The molecule has 0 bridgehead atoms. The molecule has 0 saturated carbocycles. The van der Waals surface area contributed by atoms with Gasteiger partial charge in [0.25, 0.3) is 0 Å². The number of aryl methyl sites for hydroxylation is 2. The molecule has 0 saturated heterocycles. The summed E-state index contributed by atoms with van der Waals surface area (Å²) in [6, 6.07) is 8.02. The first-order valence-electron chi connectivity index (χ1n) is 7.58. The molecule has 0 radical (unpaired) electrons. The second-order valence-electron chi connectivity index (χ2n) is 5.83. The van der Waals surface area contributed by atoms with E-state index in [1.165, 1.54) is 0 Å². The predicted molar refractivity (Wildman–Crippen MR) is 91.4 cm³/mol. The third kappa shape index (κ3) is 3.21. The minimum Gasteiger partial charge on any atom is -0.369 e. The molecule has 4 N–H and O–H groups in total. The summed E-state index contributed by atoms with van der Waals surface area (Å²) in [6.45, 7) is 4.07. The zero-order valence-electron chi connectivity index (χ0n) is 13.3. The maximum Gasteiger partial charge on any atom is 0.211 e. The molecule has 0 amide bonds. The van der Waals surface area contributed by atoms with Crippen molar-refractivity contribution in [2.45, 2.75) is 32.6 Å². The van der Waals surface area contributed by atoms with Crippen LogP contribution in [0.25, 0.3) is 0 Å². The fourth-order valence-corrected chi connectivity index (χ4v) is 3.13. The maximum absolute atomic E-state index is 5.43. The van der Waals surface area contributed by atoms with Gasteiger partial charge in [0.2, 0.25) is 5.96 Å². The lowest BCUT2D eigenvalue weighted by Crippen LogP contribution is -2.25. The van der Waals surface area contributed by atoms with Crippen LogP contribution in [0.4, 0.5) is 0 Å². The topological polar surface area (TPSA) is 103 Å². The zero-order chi connectivity index (χ0) is 16.4. The van der Waals surface area contributed by atoms with Gasteiger partial charge >= 0.3 is 0 Å². The monoisotopic (exact) mass is 308 g/mol. The van der Waals surface area contributed by atoms with Crippen LogP contribution in [0.2, 0.25) is 0 Å². The van der Waals surface area contributed by atoms with Crippen LogP contribution in [-0.2, 0) is 6.42 Å². The molecule has 1 unspecified atom stereocenters. The van der Waals surface area contributed by atoms with E-state index in [0.29, 0.717) is 0 Å². The van der Waals surface area contributed by atoms with Gasteiger partial charge in [-0.1, -0.05) is 6.07 Å². The Labute approximate surface area is 135 Å². The molecule has 0 fully saturated rings. The normalized spacial score (nSPS) is 18.5. The van der Waals surface area contributed by atoms with Crippen molar-refractivity contribution in [3.05, 3.63) is 58.7 Å². The molecule has 0 spiro atoms. The van der Waals surface area contributed by atoms with E-state index in [2.05, 4.69) is 28.2 Å². The number of fused-ring (bicyclic) bond motifs is 1. The molecule has 1 atom stereocenters. The summed E-state index contributed by atoms with van der Waals surface area (Å²) in [5.41, 5.74) is 17.0. The van der Waals surface area contributed by atoms with E-state index in [1.54, 1.807) is 0 Å². The third-order valence-electron chi connectivity index (χ3n) is 3.98. The molecule has 0 aliphatic heterocycles. The largest absolute Gasteiger partial charge is 0.369 e. The average Bonchev–Trinajstić information content (AvgIpc) is 2.52. The summed E-state index contributed by atoms with van der Waals surface area (Å²) in [6.07, 6.45) is 3.40. The van der Waals surface area contributed by atoms with Gasteiger partial charge in [-0.2, -0.15) is 5.10 Å². The number of rotatable bonds is 2. The number of pyridine rings is 2. The van der Waals surface area contributed by atoms with E-state index < -0.39 is 0 Å². The SMILES string of the molecule is Cc1cc(C)c2c(n1)CC(c1ccccn1)C/C2=N/N=C(N)N. The van der Waals surface area contributed by atoms with Crippen LogP contribution >= 0.6 is 0 Å². The lowest BCUT2D eigenvalue weighted by molar-refractivity contribution is 0.655. The highest BCUT2D eigenvalue weighted by Crippen LogP contribution is 2.33. The Morgan fingerprint density at radius 3 is 2.74 bits per heavy atom. The highest BCUT2D eigenvalue weighted by Gasteiger charge is 2.28. The Kier molecular flexibility index (Phi) is 4.06. The van der Waals surface area contributed by atoms with Crippen LogP contribution in [0.1, 0.15) is 40.5 Å². The number of hydrogen-bond acceptors (Lipinski definition) is 4. The summed E-state index contributed by atoms with van der Waals surface area (Å²) in [7, 11) is 0. The highest BCUT2D eigenvalue weighted by atomic mass is 15.3. The smallest absolute Gasteiger partial charge is 0.211 e. The summed E-state index contributed by atoms with van der Waals surface area (Å²) >= 11 is 0. The van der Waals surface area contributed by atoms with Gasteiger partial charge < -0.3 is 11.5 Å². The molecule has 6 heteroatoms. The number of aromatic nitrogens is 2. The van der Waals surface area contributed by atoms with E-state index in [9.17, 15) is 0 Å². The molecule has 2 heterocycles. The Morgan fingerprint density at radius 2 is 2.04 bits per heavy atom. The van der Waals surface area contributed by atoms with Crippen LogP contribution < -0.4 is 11.5 Å². The van der Waals surface area contributed by atoms with Gasteiger partial charge in [0.15, 0.2) is 0 Å². The van der Waals surface area contributed by atoms with E-state index in [-0.39, 0.29) is 11.9 Å². The second-order valence-corrected chi connectivity index (χ2v) is 5.83. The molecular weight excluding hydrogens is 288 g/mol. The lowest BCUT2D eigenvalue weighted by atomic mass is 9.81. The van der Waals surface area contributed by atoms with Crippen LogP contribution in [0.5, 0.6) is 0 Å². The molecule has 1 aliphatic rings. The van der Waals surface area contributed by atoms with Crippen molar-refractivity contribution in [2.24, 2.45) is 21.7 Å². The molecule has 6 nitrogen and oxygen atoms in total. The van der Waals surface area contributed by atoms with Crippen LogP contribution in [0, 0.1) is 13.8 Å².